The van der Waals surface area contributed by atoms with Crippen molar-refractivity contribution in [1.29, 1.82) is 0 Å². The molecule has 0 saturated carbocycles. The molecule has 1 amide bonds. The van der Waals surface area contributed by atoms with Gasteiger partial charge in [0.1, 0.15) is 0 Å². The summed E-state index contributed by atoms with van der Waals surface area (Å²) < 4.78 is 25.9. The van der Waals surface area contributed by atoms with E-state index in [9.17, 15) is 13.2 Å². The smallest absolute Gasteiger partial charge is 0.243 e. The zero-order chi connectivity index (χ0) is 16.2. The van der Waals surface area contributed by atoms with E-state index in [2.05, 4.69) is 5.32 Å². The molecule has 6 nitrogen and oxygen atoms in total. The second-order valence-corrected chi connectivity index (χ2v) is 7.32. The number of carbonyl (C=O) groups excluding carboxylic acids is 1. The number of carbonyl (C=O) groups is 1. The van der Waals surface area contributed by atoms with E-state index < -0.39 is 10.0 Å². The first kappa shape index (κ1) is 17.6. The molecule has 0 unspecified atom stereocenters. The molecule has 0 heterocycles. The summed E-state index contributed by atoms with van der Waals surface area (Å²) >= 11 is 0. The van der Waals surface area contributed by atoms with E-state index in [1.54, 1.807) is 12.1 Å². The third kappa shape index (κ3) is 4.52. The molecule has 0 aromatic heterocycles. The monoisotopic (exact) mass is 313 g/mol. The van der Waals surface area contributed by atoms with Crippen molar-refractivity contribution in [2.24, 2.45) is 5.73 Å². The average molecular weight is 313 g/mol. The normalized spacial score (nSPS) is 12.0. The highest BCUT2D eigenvalue weighted by Crippen LogP contribution is 2.18. The Morgan fingerprint density at radius 3 is 2.48 bits per heavy atom. The van der Waals surface area contributed by atoms with E-state index in [0.717, 1.165) is 15.4 Å². The highest BCUT2D eigenvalue weighted by atomic mass is 32.2. The summed E-state index contributed by atoms with van der Waals surface area (Å²) in [6.45, 7) is 5.60. The molecule has 0 atom stereocenters. The quantitative estimate of drug-likeness (QED) is 0.804. The van der Waals surface area contributed by atoms with Gasteiger partial charge in [0.25, 0.3) is 0 Å². The fourth-order valence-electron chi connectivity index (χ4n) is 1.89. The van der Waals surface area contributed by atoms with Crippen LogP contribution in [0.2, 0.25) is 0 Å². The largest absolute Gasteiger partial charge is 0.353 e. The van der Waals surface area contributed by atoms with E-state index in [4.69, 9.17) is 5.73 Å². The minimum atomic E-state index is -3.69. The molecule has 0 spiro atoms. The lowest BCUT2D eigenvalue weighted by Crippen LogP contribution is -2.40. The standard InChI is InChI=1S/C14H23N3O3S/c1-10(2)16-14(18)9-17(4)21(19,20)13-6-5-12(8-15)11(3)7-13/h5-7,10H,8-9,15H2,1-4H3,(H,16,18). The molecule has 0 saturated heterocycles. The first-order valence-electron chi connectivity index (χ1n) is 6.73. The molecule has 0 fully saturated rings. The zero-order valence-corrected chi connectivity index (χ0v) is 13.7. The van der Waals surface area contributed by atoms with Crippen LogP contribution in [0.5, 0.6) is 0 Å². The molecule has 0 aliphatic heterocycles. The Morgan fingerprint density at radius 2 is 2.00 bits per heavy atom. The number of nitrogens with one attached hydrogen (secondary N) is 1. The van der Waals surface area contributed by atoms with E-state index in [1.165, 1.54) is 13.1 Å². The van der Waals surface area contributed by atoms with Crippen LogP contribution in [0, 0.1) is 6.92 Å². The molecular formula is C14H23N3O3S. The van der Waals surface area contributed by atoms with Crippen LogP contribution < -0.4 is 11.1 Å². The minimum Gasteiger partial charge on any atom is -0.353 e. The third-order valence-electron chi connectivity index (χ3n) is 3.06. The highest BCUT2D eigenvalue weighted by Gasteiger charge is 2.23. The zero-order valence-electron chi connectivity index (χ0n) is 12.9. The second-order valence-electron chi connectivity index (χ2n) is 5.28. The molecular weight excluding hydrogens is 290 g/mol. The molecule has 3 N–H and O–H groups in total. The van der Waals surface area contributed by atoms with Crippen LogP contribution in [-0.2, 0) is 21.4 Å². The lowest BCUT2D eigenvalue weighted by molar-refractivity contribution is -0.121. The van der Waals surface area contributed by atoms with Gasteiger partial charge in [-0.3, -0.25) is 4.79 Å². The van der Waals surface area contributed by atoms with Gasteiger partial charge >= 0.3 is 0 Å². The van der Waals surface area contributed by atoms with Gasteiger partial charge in [-0.25, -0.2) is 8.42 Å². The van der Waals surface area contributed by atoms with Crippen molar-refractivity contribution in [2.45, 2.75) is 38.3 Å². The number of benzene rings is 1. The number of rotatable bonds is 6. The van der Waals surface area contributed by atoms with E-state index in [-0.39, 0.29) is 23.4 Å². The molecule has 1 aromatic rings. The maximum Gasteiger partial charge on any atom is 0.243 e. The van der Waals surface area contributed by atoms with Crippen LogP contribution >= 0.6 is 0 Å². The van der Waals surface area contributed by atoms with Crippen molar-refractivity contribution in [1.82, 2.24) is 9.62 Å². The Bertz CT molecular complexity index is 612. The number of nitrogens with zero attached hydrogens (tertiary/aromatic N) is 1. The number of nitrogens with two attached hydrogens (primary N) is 1. The topological polar surface area (TPSA) is 92.5 Å². The van der Waals surface area contributed by atoms with Crippen LogP contribution in [0.3, 0.4) is 0 Å². The summed E-state index contributed by atoms with van der Waals surface area (Å²) in [6, 6.07) is 4.76. The average Bonchev–Trinajstić information content (AvgIpc) is 2.37. The first-order valence-corrected chi connectivity index (χ1v) is 8.17. The molecule has 1 rings (SSSR count). The summed E-state index contributed by atoms with van der Waals surface area (Å²) in [5.74, 6) is -0.327. The summed E-state index contributed by atoms with van der Waals surface area (Å²) in [5, 5.41) is 2.67. The van der Waals surface area contributed by atoms with Crippen molar-refractivity contribution < 1.29 is 13.2 Å². The Balaban J connectivity index is 2.94. The highest BCUT2D eigenvalue weighted by molar-refractivity contribution is 7.89. The number of hydrogen-bond acceptors (Lipinski definition) is 4. The second kappa shape index (κ2) is 7.02. The van der Waals surface area contributed by atoms with Crippen LogP contribution in [0.15, 0.2) is 23.1 Å². The van der Waals surface area contributed by atoms with Crippen LogP contribution in [-0.4, -0.2) is 38.3 Å². The fraction of sp³-hybridized carbons (Fsp3) is 0.500. The van der Waals surface area contributed by atoms with Gasteiger partial charge in [-0.2, -0.15) is 4.31 Å². The summed E-state index contributed by atoms with van der Waals surface area (Å²) in [7, 11) is -2.30. The van der Waals surface area contributed by atoms with Gasteiger partial charge < -0.3 is 11.1 Å². The fourth-order valence-corrected chi connectivity index (χ4v) is 3.11. The Kier molecular flexibility index (Phi) is 5.88. The lowest BCUT2D eigenvalue weighted by Gasteiger charge is -2.18. The van der Waals surface area contributed by atoms with E-state index in [1.807, 2.05) is 20.8 Å². The maximum absolute atomic E-state index is 12.4. The van der Waals surface area contributed by atoms with Crippen molar-refractivity contribution in [3.05, 3.63) is 29.3 Å². The molecule has 7 heteroatoms. The molecule has 0 aliphatic carbocycles. The first-order chi connectivity index (χ1) is 9.68. The maximum atomic E-state index is 12.4. The van der Waals surface area contributed by atoms with Crippen LogP contribution in [0.4, 0.5) is 0 Å². The predicted octanol–water partition coefficient (Wildman–Crippen LogP) is 0.599. The molecule has 0 radical (unpaired) electrons. The number of sulfonamides is 1. The molecule has 1 aromatic carbocycles. The Hall–Kier alpha value is -1.44. The lowest BCUT2D eigenvalue weighted by atomic mass is 10.1. The van der Waals surface area contributed by atoms with Crippen molar-refractivity contribution >= 4 is 15.9 Å². The van der Waals surface area contributed by atoms with Crippen molar-refractivity contribution in [2.75, 3.05) is 13.6 Å². The van der Waals surface area contributed by atoms with E-state index >= 15 is 0 Å². The van der Waals surface area contributed by atoms with Gasteiger partial charge in [0, 0.05) is 19.6 Å². The number of hydrogen-bond donors (Lipinski definition) is 2. The van der Waals surface area contributed by atoms with Gasteiger partial charge in [0.05, 0.1) is 11.4 Å². The number of likely N-dealkylation sites (N-methyl/N-ethyl adjacent to an activating group) is 1. The van der Waals surface area contributed by atoms with Gasteiger partial charge in [0.15, 0.2) is 0 Å². The Morgan fingerprint density at radius 1 is 1.38 bits per heavy atom. The number of amides is 1. The van der Waals surface area contributed by atoms with Gasteiger partial charge in [-0.05, 0) is 44.0 Å². The van der Waals surface area contributed by atoms with E-state index in [0.29, 0.717) is 6.54 Å². The molecule has 118 valence electrons. The summed E-state index contributed by atoms with van der Waals surface area (Å²) in [6.07, 6.45) is 0. The summed E-state index contributed by atoms with van der Waals surface area (Å²) in [4.78, 5) is 11.8. The third-order valence-corrected chi connectivity index (χ3v) is 4.86. The van der Waals surface area contributed by atoms with Gasteiger partial charge in [-0.1, -0.05) is 6.07 Å². The van der Waals surface area contributed by atoms with Gasteiger partial charge in [0.2, 0.25) is 15.9 Å². The van der Waals surface area contributed by atoms with Crippen LogP contribution in [0.1, 0.15) is 25.0 Å². The van der Waals surface area contributed by atoms with Gasteiger partial charge in [-0.15, -0.1) is 0 Å². The predicted molar refractivity (Wildman–Crippen MR) is 82.2 cm³/mol. The molecule has 0 bridgehead atoms. The number of aryl methyl sites for hydroxylation is 1. The van der Waals surface area contributed by atoms with Crippen molar-refractivity contribution in [3.8, 4) is 0 Å². The Labute approximate surface area is 126 Å². The minimum absolute atomic E-state index is 0.0281. The van der Waals surface area contributed by atoms with Crippen LogP contribution in [0.25, 0.3) is 0 Å². The summed E-state index contributed by atoms with van der Waals surface area (Å²) in [5.41, 5.74) is 7.28. The molecule has 21 heavy (non-hydrogen) atoms. The SMILES string of the molecule is Cc1cc(S(=O)(=O)N(C)CC(=O)NC(C)C)ccc1CN. The van der Waals surface area contributed by atoms with Crippen molar-refractivity contribution in [3.63, 3.8) is 0 Å². The molecule has 0 aliphatic rings.